The zero-order valence-electron chi connectivity index (χ0n) is 18.3. The van der Waals surface area contributed by atoms with Crippen LogP contribution in [-0.4, -0.2) is 47.3 Å². The van der Waals surface area contributed by atoms with Gasteiger partial charge in [-0.2, -0.15) is 5.10 Å². The summed E-state index contributed by atoms with van der Waals surface area (Å²) in [5.41, 5.74) is 0.228. The number of benzene rings is 2. The first-order valence-electron chi connectivity index (χ1n) is 9.72. The fourth-order valence-electron chi connectivity index (χ4n) is 3.28. The molecule has 170 valence electrons. The van der Waals surface area contributed by atoms with E-state index in [1.807, 2.05) is 0 Å². The molecule has 0 aliphatic heterocycles. The monoisotopic (exact) mass is 452 g/mol. The Kier molecular flexibility index (Phi) is 5.94. The molecule has 11 heteroatoms. The lowest BCUT2D eigenvalue weighted by Crippen LogP contribution is -2.23. The van der Waals surface area contributed by atoms with Crippen molar-refractivity contribution in [1.29, 1.82) is 0 Å². The minimum atomic E-state index is -0.727. The number of hydrogen-bond donors (Lipinski definition) is 0. The molecule has 0 N–H and O–H groups in total. The fourth-order valence-corrected chi connectivity index (χ4v) is 3.28. The van der Waals surface area contributed by atoms with Gasteiger partial charge in [-0.3, -0.25) is 4.79 Å². The second-order valence-corrected chi connectivity index (χ2v) is 6.81. The SMILES string of the molecule is COc1cc(-c2nnc(COC(=O)c3nn(C)c(=O)c4ccccc34)o2)cc(OC)c1OC. The standard InChI is InChI=1S/C22H20N4O7/c1-26-21(27)14-8-6-5-7-13(14)18(25-26)22(28)32-11-17-23-24-20(33-17)12-9-15(29-2)19(31-4)16(10-12)30-3/h5-10H,11H2,1-4H3. The quantitative estimate of drug-likeness (QED) is 0.385. The van der Waals surface area contributed by atoms with Crippen LogP contribution < -0.4 is 19.8 Å². The maximum absolute atomic E-state index is 12.7. The number of aryl methyl sites for hydroxylation is 1. The van der Waals surface area contributed by atoms with Crippen LogP contribution in [0.1, 0.15) is 16.4 Å². The molecule has 0 aliphatic rings. The zero-order valence-corrected chi connectivity index (χ0v) is 18.3. The van der Waals surface area contributed by atoms with Crippen LogP contribution >= 0.6 is 0 Å². The van der Waals surface area contributed by atoms with Crippen LogP contribution in [0, 0.1) is 0 Å². The molecule has 0 saturated carbocycles. The van der Waals surface area contributed by atoms with E-state index < -0.39 is 5.97 Å². The molecule has 0 amide bonds. The molecule has 0 fully saturated rings. The van der Waals surface area contributed by atoms with Gasteiger partial charge in [-0.15, -0.1) is 10.2 Å². The average molecular weight is 452 g/mol. The highest BCUT2D eigenvalue weighted by molar-refractivity contribution is 6.02. The lowest BCUT2D eigenvalue weighted by molar-refractivity contribution is 0.0431. The highest BCUT2D eigenvalue weighted by atomic mass is 16.5. The van der Waals surface area contributed by atoms with Gasteiger partial charge in [-0.05, 0) is 18.2 Å². The summed E-state index contributed by atoms with van der Waals surface area (Å²) in [4.78, 5) is 24.9. The first-order chi connectivity index (χ1) is 16.0. The van der Waals surface area contributed by atoms with Gasteiger partial charge in [-0.25, -0.2) is 9.48 Å². The molecule has 0 radical (unpaired) electrons. The number of carbonyl (C=O) groups is 1. The van der Waals surface area contributed by atoms with Crippen LogP contribution in [0.4, 0.5) is 0 Å². The number of rotatable bonds is 7. The summed E-state index contributed by atoms with van der Waals surface area (Å²) in [6.45, 7) is -0.283. The van der Waals surface area contributed by atoms with Crippen molar-refractivity contribution in [2.24, 2.45) is 7.05 Å². The van der Waals surface area contributed by atoms with Crippen molar-refractivity contribution in [2.75, 3.05) is 21.3 Å². The zero-order chi connectivity index (χ0) is 23.5. The van der Waals surface area contributed by atoms with E-state index in [0.717, 1.165) is 4.68 Å². The largest absolute Gasteiger partial charge is 0.493 e. The van der Waals surface area contributed by atoms with Crippen LogP contribution in [0.2, 0.25) is 0 Å². The van der Waals surface area contributed by atoms with Crippen molar-refractivity contribution in [3.8, 4) is 28.7 Å². The Morgan fingerprint density at radius 2 is 1.67 bits per heavy atom. The molecule has 0 aliphatic carbocycles. The Morgan fingerprint density at radius 1 is 1.00 bits per heavy atom. The Labute approximate surface area is 187 Å². The summed E-state index contributed by atoms with van der Waals surface area (Å²) >= 11 is 0. The third-order valence-electron chi connectivity index (χ3n) is 4.86. The minimum Gasteiger partial charge on any atom is -0.493 e. The number of carbonyl (C=O) groups excluding carboxylic acids is 1. The fraction of sp³-hybridized carbons (Fsp3) is 0.227. The third-order valence-corrected chi connectivity index (χ3v) is 4.86. The van der Waals surface area contributed by atoms with E-state index in [-0.39, 0.29) is 29.6 Å². The molecule has 11 nitrogen and oxygen atoms in total. The lowest BCUT2D eigenvalue weighted by atomic mass is 10.1. The Hall–Kier alpha value is -4.41. The molecule has 4 rings (SSSR count). The van der Waals surface area contributed by atoms with Gasteiger partial charge in [0.05, 0.1) is 26.7 Å². The van der Waals surface area contributed by atoms with Crippen molar-refractivity contribution in [3.63, 3.8) is 0 Å². The number of ether oxygens (including phenoxy) is 4. The van der Waals surface area contributed by atoms with Gasteiger partial charge in [0.2, 0.25) is 11.6 Å². The molecule has 0 unspecified atom stereocenters. The highest BCUT2D eigenvalue weighted by Gasteiger charge is 2.20. The maximum atomic E-state index is 12.7. The average Bonchev–Trinajstić information content (AvgIpc) is 3.33. The molecule has 2 aromatic carbocycles. The predicted molar refractivity (Wildman–Crippen MR) is 115 cm³/mol. The third kappa shape index (κ3) is 4.07. The molecular weight excluding hydrogens is 432 g/mol. The number of esters is 1. The molecule has 0 atom stereocenters. The van der Waals surface area contributed by atoms with Crippen LogP contribution in [0.15, 0.2) is 45.6 Å². The van der Waals surface area contributed by atoms with Gasteiger partial charge in [0.25, 0.3) is 11.4 Å². The number of hydrogen-bond acceptors (Lipinski definition) is 10. The van der Waals surface area contributed by atoms with E-state index in [1.54, 1.807) is 36.4 Å². The Balaban J connectivity index is 1.56. The van der Waals surface area contributed by atoms with Crippen LogP contribution in [-0.2, 0) is 18.4 Å². The molecule has 33 heavy (non-hydrogen) atoms. The molecular formula is C22H20N4O7. The van der Waals surface area contributed by atoms with Gasteiger partial charge in [0, 0.05) is 18.0 Å². The first-order valence-corrected chi connectivity index (χ1v) is 9.72. The number of aromatic nitrogens is 4. The molecule has 4 aromatic rings. The Bertz CT molecular complexity index is 1370. The van der Waals surface area contributed by atoms with Gasteiger partial charge in [0.1, 0.15) is 0 Å². The smallest absolute Gasteiger partial charge is 0.359 e. The second-order valence-electron chi connectivity index (χ2n) is 6.81. The van der Waals surface area contributed by atoms with Crippen molar-refractivity contribution >= 4 is 16.7 Å². The molecule has 2 aromatic heterocycles. The number of nitrogens with zero attached hydrogens (tertiary/aromatic N) is 4. The number of fused-ring (bicyclic) bond motifs is 1. The van der Waals surface area contributed by atoms with Crippen LogP contribution in [0.25, 0.3) is 22.2 Å². The van der Waals surface area contributed by atoms with Gasteiger partial charge < -0.3 is 23.4 Å². The molecule has 2 heterocycles. The van der Waals surface area contributed by atoms with Crippen LogP contribution in [0.5, 0.6) is 17.2 Å². The maximum Gasteiger partial charge on any atom is 0.359 e. The van der Waals surface area contributed by atoms with Crippen molar-refractivity contribution in [1.82, 2.24) is 20.0 Å². The van der Waals surface area contributed by atoms with Gasteiger partial charge in [-0.1, -0.05) is 18.2 Å². The highest BCUT2D eigenvalue weighted by Crippen LogP contribution is 2.40. The normalized spacial score (nSPS) is 10.8. The van der Waals surface area contributed by atoms with Gasteiger partial charge in [0.15, 0.2) is 23.8 Å². The van der Waals surface area contributed by atoms with Crippen molar-refractivity contribution in [2.45, 2.75) is 6.61 Å². The Morgan fingerprint density at radius 3 is 2.30 bits per heavy atom. The van der Waals surface area contributed by atoms with Gasteiger partial charge >= 0.3 is 5.97 Å². The van der Waals surface area contributed by atoms with E-state index in [2.05, 4.69) is 15.3 Å². The predicted octanol–water partition coefficient (Wildman–Crippen LogP) is 2.37. The summed E-state index contributed by atoms with van der Waals surface area (Å²) < 4.78 is 28.0. The lowest BCUT2D eigenvalue weighted by Gasteiger charge is -2.12. The molecule has 0 spiro atoms. The van der Waals surface area contributed by atoms with Crippen molar-refractivity contribution < 1.29 is 28.2 Å². The van der Waals surface area contributed by atoms with Crippen molar-refractivity contribution in [3.05, 3.63) is 58.3 Å². The molecule has 0 bridgehead atoms. The second kappa shape index (κ2) is 8.99. The summed E-state index contributed by atoms with van der Waals surface area (Å²) in [7, 11) is 5.96. The summed E-state index contributed by atoms with van der Waals surface area (Å²) in [6, 6.07) is 9.99. The number of methoxy groups -OCH3 is 3. The van der Waals surface area contributed by atoms with E-state index in [1.165, 1.54) is 28.4 Å². The van der Waals surface area contributed by atoms with E-state index in [0.29, 0.717) is 33.6 Å². The topological polar surface area (TPSA) is 128 Å². The summed E-state index contributed by atoms with van der Waals surface area (Å²) in [6.07, 6.45) is 0. The minimum absolute atomic E-state index is 0.0112. The van der Waals surface area contributed by atoms with E-state index >= 15 is 0 Å². The summed E-state index contributed by atoms with van der Waals surface area (Å²) in [5.74, 6) is 0.785. The van der Waals surface area contributed by atoms with Crippen LogP contribution in [0.3, 0.4) is 0 Å². The first kappa shape index (κ1) is 21.8. The van der Waals surface area contributed by atoms with E-state index in [4.69, 9.17) is 23.4 Å². The molecule has 0 saturated heterocycles. The van der Waals surface area contributed by atoms with E-state index in [9.17, 15) is 9.59 Å². The summed E-state index contributed by atoms with van der Waals surface area (Å²) in [5, 5.41) is 12.7.